The first-order valence-corrected chi connectivity index (χ1v) is 10.6. The molecule has 0 saturated heterocycles. The van der Waals surface area contributed by atoms with Crippen molar-refractivity contribution in [1.29, 1.82) is 0 Å². The maximum Gasteiger partial charge on any atom is 0.100 e. The molecule has 138 valence electrons. The van der Waals surface area contributed by atoms with Crippen molar-refractivity contribution in [3.8, 4) is 0 Å². The summed E-state index contributed by atoms with van der Waals surface area (Å²) in [6, 6.07) is 0. The van der Waals surface area contributed by atoms with Crippen LogP contribution in [0, 0.1) is 29.6 Å². The standard InChI is InChI=1S/C22H43F/c1-6-8-10-21(9-7-2)22(19(5)23)16-13-18(4)20-14-11-17(3)12-15-20/h17-22H,6-16H2,1-5H3. The van der Waals surface area contributed by atoms with Gasteiger partial charge in [0.05, 0.1) is 0 Å². The highest BCUT2D eigenvalue weighted by molar-refractivity contribution is 4.79. The van der Waals surface area contributed by atoms with Gasteiger partial charge in [0.15, 0.2) is 0 Å². The van der Waals surface area contributed by atoms with Crippen molar-refractivity contribution in [2.45, 2.75) is 111 Å². The molecule has 1 aliphatic rings. The Morgan fingerprint density at radius 1 is 0.870 bits per heavy atom. The van der Waals surface area contributed by atoms with Crippen molar-refractivity contribution in [1.82, 2.24) is 0 Å². The van der Waals surface area contributed by atoms with Gasteiger partial charge in [-0.1, -0.05) is 79.1 Å². The minimum atomic E-state index is -0.637. The van der Waals surface area contributed by atoms with Crippen molar-refractivity contribution in [3.05, 3.63) is 0 Å². The van der Waals surface area contributed by atoms with Crippen LogP contribution in [-0.2, 0) is 0 Å². The Morgan fingerprint density at radius 3 is 2.04 bits per heavy atom. The van der Waals surface area contributed by atoms with Gasteiger partial charge in [-0.3, -0.25) is 0 Å². The van der Waals surface area contributed by atoms with E-state index >= 15 is 0 Å². The Balaban J connectivity index is 2.50. The molecule has 0 aromatic rings. The van der Waals surface area contributed by atoms with Crippen LogP contribution in [0.5, 0.6) is 0 Å². The van der Waals surface area contributed by atoms with Crippen LogP contribution in [0.25, 0.3) is 0 Å². The van der Waals surface area contributed by atoms with Gasteiger partial charge in [-0.05, 0) is 55.8 Å². The summed E-state index contributed by atoms with van der Waals surface area (Å²) in [5.41, 5.74) is 0. The first-order valence-electron chi connectivity index (χ1n) is 10.6. The van der Waals surface area contributed by atoms with E-state index in [0.717, 1.165) is 24.2 Å². The van der Waals surface area contributed by atoms with Crippen LogP contribution >= 0.6 is 0 Å². The quantitative estimate of drug-likeness (QED) is 0.363. The second-order valence-corrected chi connectivity index (χ2v) is 8.61. The van der Waals surface area contributed by atoms with Gasteiger partial charge in [0.25, 0.3) is 0 Å². The third-order valence-electron chi connectivity index (χ3n) is 6.60. The predicted molar refractivity (Wildman–Crippen MR) is 102 cm³/mol. The lowest BCUT2D eigenvalue weighted by atomic mass is 9.73. The van der Waals surface area contributed by atoms with Gasteiger partial charge in [0.2, 0.25) is 0 Å². The molecule has 23 heavy (non-hydrogen) atoms. The Hall–Kier alpha value is -0.0700. The van der Waals surface area contributed by atoms with Crippen molar-refractivity contribution in [2.24, 2.45) is 29.6 Å². The van der Waals surface area contributed by atoms with E-state index in [4.69, 9.17) is 0 Å². The maximum atomic E-state index is 14.3. The summed E-state index contributed by atoms with van der Waals surface area (Å²) in [6.07, 6.45) is 13.5. The van der Waals surface area contributed by atoms with Crippen molar-refractivity contribution in [3.63, 3.8) is 0 Å². The second-order valence-electron chi connectivity index (χ2n) is 8.61. The fourth-order valence-electron chi connectivity index (χ4n) is 4.80. The summed E-state index contributed by atoms with van der Waals surface area (Å²) in [5, 5.41) is 0. The molecule has 1 aliphatic carbocycles. The van der Waals surface area contributed by atoms with Gasteiger partial charge in [0.1, 0.15) is 6.17 Å². The molecule has 1 heteroatoms. The van der Waals surface area contributed by atoms with E-state index in [2.05, 4.69) is 27.7 Å². The number of unbranched alkanes of at least 4 members (excludes halogenated alkanes) is 1. The Bertz CT molecular complexity index is 278. The van der Waals surface area contributed by atoms with E-state index in [9.17, 15) is 4.39 Å². The molecule has 0 aromatic heterocycles. The number of alkyl halides is 1. The molecule has 0 bridgehead atoms. The van der Waals surface area contributed by atoms with Crippen LogP contribution in [0.3, 0.4) is 0 Å². The zero-order valence-corrected chi connectivity index (χ0v) is 16.6. The second kappa shape index (κ2) is 11.5. The molecule has 1 fully saturated rings. The van der Waals surface area contributed by atoms with Crippen LogP contribution in [0.2, 0.25) is 0 Å². The highest BCUT2D eigenvalue weighted by Crippen LogP contribution is 2.38. The molecule has 0 amide bonds. The third kappa shape index (κ3) is 7.57. The molecule has 0 nitrogen and oxygen atoms in total. The highest BCUT2D eigenvalue weighted by Gasteiger charge is 2.28. The van der Waals surface area contributed by atoms with Crippen LogP contribution in [0.15, 0.2) is 0 Å². The summed E-state index contributed by atoms with van der Waals surface area (Å²) in [7, 11) is 0. The SMILES string of the molecule is CCCCC(CCC)C(CCC(C)C1CCC(C)CC1)C(C)F. The molecule has 0 radical (unpaired) electrons. The third-order valence-corrected chi connectivity index (χ3v) is 6.60. The summed E-state index contributed by atoms with van der Waals surface area (Å²) >= 11 is 0. The van der Waals surface area contributed by atoms with Gasteiger partial charge >= 0.3 is 0 Å². The van der Waals surface area contributed by atoms with Crippen LogP contribution < -0.4 is 0 Å². The normalized spacial score (nSPS) is 27.4. The lowest BCUT2D eigenvalue weighted by Gasteiger charge is -2.33. The number of hydrogen-bond acceptors (Lipinski definition) is 0. The Labute approximate surface area is 146 Å². The summed E-state index contributed by atoms with van der Waals surface area (Å²) in [6.45, 7) is 11.1. The van der Waals surface area contributed by atoms with Gasteiger partial charge < -0.3 is 0 Å². The van der Waals surface area contributed by atoms with Gasteiger partial charge in [-0.2, -0.15) is 0 Å². The lowest BCUT2D eigenvalue weighted by molar-refractivity contribution is 0.131. The molecule has 0 spiro atoms. The van der Waals surface area contributed by atoms with Crippen LogP contribution in [0.4, 0.5) is 4.39 Å². The minimum Gasteiger partial charge on any atom is -0.247 e. The molecular formula is C22H43F. The molecule has 1 rings (SSSR count). The average Bonchev–Trinajstić information content (AvgIpc) is 2.52. The fourth-order valence-corrected chi connectivity index (χ4v) is 4.80. The Morgan fingerprint density at radius 2 is 1.52 bits per heavy atom. The number of hydrogen-bond donors (Lipinski definition) is 0. The average molecular weight is 327 g/mol. The first kappa shape index (κ1) is 21.0. The molecule has 0 aliphatic heterocycles. The molecule has 0 N–H and O–H groups in total. The first-order chi connectivity index (χ1) is 11.0. The zero-order chi connectivity index (χ0) is 17.2. The van der Waals surface area contributed by atoms with E-state index in [0.29, 0.717) is 11.8 Å². The molecule has 0 aromatic carbocycles. The summed E-state index contributed by atoms with van der Waals surface area (Å²) < 4.78 is 14.3. The van der Waals surface area contributed by atoms with E-state index in [1.807, 2.05) is 6.92 Å². The van der Waals surface area contributed by atoms with E-state index in [1.165, 1.54) is 64.2 Å². The lowest BCUT2D eigenvalue weighted by Crippen LogP contribution is -2.25. The molecule has 0 heterocycles. The number of rotatable bonds is 11. The predicted octanol–water partition coefficient (Wildman–Crippen LogP) is 7.81. The number of halogens is 1. The summed E-state index contributed by atoms with van der Waals surface area (Å²) in [4.78, 5) is 0. The zero-order valence-electron chi connectivity index (χ0n) is 16.6. The highest BCUT2D eigenvalue weighted by atomic mass is 19.1. The Kier molecular flexibility index (Phi) is 10.5. The largest absolute Gasteiger partial charge is 0.247 e. The van der Waals surface area contributed by atoms with Gasteiger partial charge in [-0.25, -0.2) is 4.39 Å². The molecule has 4 atom stereocenters. The summed E-state index contributed by atoms with van der Waals surface area (Å²) in [5.74, 6) is 3.53. The minimum absolute atomic E-state index is 0.298. The van der Waals surface area contributed by atoms with E-state index < -0.39 is 6.17 Å². The molecular weight excluding hydrogens is 283 g/mol. The van der Waals surface area contributed by atoms with E-state index in [-0.39, 0.29) is 0 Å². The maximum absolute atomic E-state index is 14.3. The molecule has 1 saturated carbocycles. The van der Waals surface area contributed by atoms with Crippen LogP contribution in [-0.4, -0.2) is 6.17 Å². The molecule has 4 unspecified atom stereocenters. The van der Waals surface area contributed by atoms with Crippen molar-refractivity contribution >= 4 is 0 Å². The van der Waals surface area contributed by atoms with Crippen molar-refractivity contribution in [2.75, 3.05) is 0 Å². The van der Waals surface area contributed by atoms with Gasteiger partial charge in [0, 0.05) is 0 Å². The van der Waals surface area contributed by atoms with E-state index in [1.54, 1.807) is 0 Å². The monoisotopic (exact) mass is 326 g/mol. The van der Waals surface area contributed by atoms with Crippen LogP contribution in [0.1, 0.15) is 105 Å². The fraction of sp³-hybridized carbons (Fsp3) is 1.00. The van der Waals surface area contributed by atoms with Gasteiger partial charge in [-0.15, -0.1) is 0 Å². The topological polar surface area (TPSA) is 0 Å². The smallest absolute Gasteiger partial charge is 0.100 e. The van der Waals surface area contributed by atoms with Crippen molar-refractivity contribution < 1.29 is 4.39 Å².